The van der Waals surface area contributed by atoms with Crippen molar-refractivity contribution < 1.29 is 8.57 Å². The molecule has 0 bridgehead atoms. The van der Waals surface area contributed by atoms with Crippen molar-refractivity contribution in [2.24, 2.45) is 0 Å². The van der Waals surface area contributed by atoms with Crippen LogP contribution in [0.4, 0.5) is 10.2 Å². The summed E-state index contributed by atoms with van der Waals surface area (Å²) in [5.74, 6) is -0.845. The van der Waals surface area contributed by atoms with Crippen molar-refractivity contribution >= 4 is 17.9 Å². The maximum Gasteiger partial charge on any atom is 0.330 e. The van der Waals surface area contributed by atoms with Crippen LogP contribution in [0.25, 0.3) is 0 Å². The molecule has 0 aliphatic rings. The molecule has 0 unspecified atom stereocenters. The minimum atomic E-state index is -0.640. The van der Waals surface area contributed by atoms with E-state index in [9.17, 15) is 4.39 Å². The fraction of sp³-hybridized carbons (Fsp3) is 0.200. The predicted octanol–water partition coefficient (Wildman–Crippen LogP) is 0.855. The molecule has 6 heteroatoms. The van der Waals surface area contributed by atoms with Gasteiger partial charge < -0.3 is 9.92 Å². The molecule has 60 valence electrons. The molecule has 1 aromatic rings. The van der Waals surface area contributed by atoms with Gasteiger partial charge in [-0.2, -0.15) is 9.97 Å². The van der Waals surface area contributed by atoms with Crippen molar-refractivity contribution in [1.82, 2.24) is 9.97 Å². The van der Waals surface area contributed by atoms with Crippen molar-refractivity contribution in [3.8, 4) is 6.01 Å². The quantitative estimate of drug-likeness (QED) is 0.675. The van der Waals surface area contributed by atoms with Crippen molar-refractivity contribution in [3.05, 3.63) is 12.0 Å². The van der Waals surface area contributed by atoms with E-state index >= 15 is 0 Å². The van der Waals surface area contributed by atoms with E-state index in [-0.39, 0.29) is 11.8 Å². The van der Waals surface area contributed by atoms with Gasteiger partial charge >= 0.3 is 6.01 Å². The molecule has 2 N–H and O–H groups in total. The zero-order valence-electron chi connectivity index (χ0n) is 5.74. The van der Waals surface area contributed by atoms with Crippen molar-refractivity contribution in [2.45, 2.75) is 0 Å². The SMILES string of the molecule is CSOc1ncc(F)c(N)n1. The molecular weight excluding hydrogens is 169 g/mol. The molecule has 0 aliphatic carbocycles. The first-order valence-electron chi connectivity index (χ1n) is 2.72. The Bertz CT molecular complexity index is 257. The fourth-order valence-electron chi connectivity index (χ4n) is 0.478. The zero-order chi connectivity index (χ0) is 8.27. The van der Waals surface area contributed by atoms with Gasteiger partial charge in [0.1, 0.15) is 0 Å². The lowest BCUT2D eigenvalue weighted by Gasteiger charge is -1.98. The summed E-state index contributed by atoms with van der Waals surface area (Å²) in [6.07, 6.45) is 2.66. The Kier molecular flexibility index (Phi) is 2.48. The second-order valence-corrected chi connectivity index (χ2v) is 2.14. The molecule has 0 atom stereocenters. The smallest absolute Gasteiger partial charge is 0.330 e. The number of nitrogens with zero attached hydrogens (tertiary/aromatic N) is 2. The Labute approximate surface area is 67.2 Å². The topological polar surface area (TPSA) is 61.0 Å². The predicted molar refractivity (Wildman–Crippen MR) is 40.5 cm³/mol. The number of aromatic nitrogens is 2. The third-order valence-electron chi connectivity index (χ3n) is 0.907. The maximum absolute atomic E-state index is 12.4. The van der Waals surface area contributed by atoms with Crippen LogP contribution in [0.1, 0.15) is 0 Å². The van der Waals surface area contributed by atoms with Gasteiger partial charge in [-0.3, -0.25) is 0 Å². The number of rotatable bonds is 2. The van der Waals surface area contributed by atoms with Gasteiger partial charge in [0.2, 0.25) is 0 Å². The Hall–Kier alpha value is -1.04. The molecule has 0 amide bonds. The summed E-state index contributed by atoms with van der Waals surface area (Å²) < 4.78 is 17.2. The summed E-state index contributed by atoms with van der Waals surface area (Å²) in [6.45, 7) is 0. The number of hydrogen-bond donors (Lipinski definition) is 1. The average molecular weight is 175 g/mol. The molecule has 0 saturated carbocycles. The lowest BCUT2D eigenvalue weighted by atomic mass is 10.6. The minimum Gasteiger partial charge on any atom is -0.389 e. The van der Waals surface area contributed by atoms with Gasteiger partial charge in [0.25, 0.3) is 0 Å². The van der Waals surface area contributed by atoms with Crippen molar-refractivity contribution in [2.75, 3.05) is 12.0 Å². The van der Waals surface area contributed by atoms with E-state index < -0.39 is 5.82 Å². The molecule has 0 fully saturated rings. The average Bonchev–Trinajstić information content (AvgIpc) is 1.98. The minimum absolute atomic E-state index is 0.0661. The van der Waals surface area contributed by atoms with E-state index in [4.69, 9.17) is 9.92 Å². The third kappa shape index (κ3) is 1.94. The highest BCUT2D eigenvalue weighted by atomic mass is 32.2. The molecule has 1 heterocycles. The van der Waals surface area contributed by atoms with Crippen LogP contribution in [0.2, 0.25) is 0 Å². The molecule has 0 radical (unpaired) electrons. The van der Waals surface area contributed by atoms with E-state index in [1.54, 1.807) is 6.26 Å². The van der Waals surface area contributed by atoms with Crippen LogP contribution in [0, 0.1) is 5.82 Å². The number of hydrogen-bond acceptors (Lipinski definition) is 5. The van der Waals surface area contributed by atoms with E-state index in [2.05, 4.69) is 9.97 Å². The second kappa shape index (κ2) is 3.38. The monoisotopic (exact) mass is 175 g/mol. The second-order valence-electron chi connectivity index (χ2n) is 1.64. The highest BCUT2D eigenvalue weighted by Gasteiger charge is 2.02. The summed E-state index contributed by atoms with van der Waals surface area (Å²) in [6, 6.07) is 0.0661. The van der Waals surface area contributed by atoms with Crippen LogP contribution in [0.3, 0.4) is 0 Å². The summed E-state index contributed by atoms with van der Waals surface area (Å²) in [5, 5.41) is 0. The van der Waals surface area contributed by atoms with Gasteiger partial charge in [0.15, 0.2) is 11.6 Å². The Morgan fingerprint density at radius 2 is 2.45 bits per heavy atom. The van der Waals surface area contributed by atoms with E-state index in [1.165, 1.54) is 0 Å². The van der Waals surface area contributed by atoms with Crippen LogP contribution in [-0.2, 0) is 0 Å². The van der Waals surface area contributed by atoms with Crippen LogP contribution < -0.4 is 9.92 Å². The summed E-state index contributed by atoms with van der Waals surface area (Å²) in [4.78, 5) is 7.03. The summed E-state index contributed by atoms with van der Waals surface area (Å²) in [7, 11) is 0. The molecular formula is C5H6FN3OS. The van der Waals surface area contributed by atoms with Crippen LogP contribution in [-0.4, -0.2) is 16.2 Å². The summed E-state index contributed by atoms with van der Waals surface area (Å²) >= 11 is 1.07. The van der Waals surface area contributed by atoms with Gasteiger partial charge in [-0.05, 0) is 0 Å². The van der Waals surface area contributed by atoms with Gasteiger partial charge in [0.05, 0.1) is 18.2 Å². The van der Waals surface area contributed by atoms with E-state index in [0.717, 1.165) is 18.2 Å². The van der Waals surface area contributed by atoms with Gasteiger partial charge in [-0.1, -0.05) is 0 Å². The highest BCUT2D eigenvalue weighted by molar-refractivity contribution is 7.94. The molecule has 11 heavy (non-hydrogen) atoms. The third-order valence-corrected chi connectivity index (χ3v) is 1.22. The Morgan fingerprint density at radius 1 is 1.73 bits per heavy atom. The maximum atomic E-state index is 12.4. The highest BCUT2D eigenvalue weighted by Crippen LogP contribution is 2.11. The molecule has 1 rings (SSSR count). The molecule has 4 nitrogen and oxygen atoms in total. The molecule has 0 spiro atoms. The van der Waals surface area contributed by atoms with E-state index in [0.29, 0.717) is 0 Å². The lowest BCUT2D eigenvalue weighted by Crippen LogP contribution is -1.98. The van der Waals surface area contributed by atoms with Crippen LogP contribution >= 0.6 is 12.0 Å². The molecule has 0 aromatic carbocycles. The number of halogens is 1. The summed E-state index contributed by atoms with van der Waals surface area (Å²) in [5.41, 5.74) is 5.14. The normalized spacial score (nSPS) is 9.64. The van der Waals surface area contributed by atoms with Gasteiger partial charge in [0, 0.05) is 6.26 Å². The molecule has 1 aromatic heterocycles. The molecule has 0 saturated heterocycles. The Balaban J connectivity index is 2.86. The largest absolute Gasteiger partial charge is 0.389 e. The fourth-order valence-corrected chi connectivity index (χ4v) is 0.707. The van der Waals surface area contributed by atoms with Crippen molar-refractivity contribution in [3.63, 3.8) is 0 Å². The van der Waals surface area contributed by atoms with Crippen LogP contribution in [0.5, 0.6) is 6.01 Å². The van der Waals surface area contributed by atoms with Gasteiger partial charge in [-0.25, -0.2) is 4.39 Å². The first-order chi connectivity index (χ1) is 5.24. The zero-order valence-corrected chi connectivity index (χ0v) is 6.56. The first kappa shape index (κ1) is 8.06. The van der Waals surface area contributed by atoms with Gasteiger partial charge in [-0.15, -0.1) is 0 Å². The van der Waals surface area contributed by atoms with Crippen molar-refractivity contribution in [1.29, 1.82) is 0 Å². The lowest BCUT2D eigenvalue weighted by molar-refractivity contribution is 0.562. The standard InChI is InChI=1S/C5H6FN3OS/c1-11-10-5-8-2-3(6)4(7)9-5/h2H,1H3,(H2,7,8,9). The van der Waals surface area contributed by atoms with E-state index in [1.807, 2.05) is 0 Å². The van der Waals surface area contributed by atoms with Crippen LogP contribution in [0.15, 0.2) is 6.20 Å². The number of nitrogen functional groups attached to an aromatic ring is 1. The number of nitrogens with two attached hydrogens (primary N) is 1. The first-order valence-corrected chi connectivity index (χ1v) is 3.87. The number of anilines is 1. The molecule has 0 aliphatic heterocycles. The Morgan fingerprint density at radius 3 is 3.00 bits per heavy atom.